The maximum atomic E-state index is 13.2. The first-order chi connectivity index (χ1) is 21.2. The fraction of sp³-hybridized carbons (Fsp3) is 0.923. The second-order valence-corrected chi connectivity index (χ2v) is 19.0. The van der Waals surface area contributed by atoms with E-state index >= 15 is 0 Å². The molecule has 0 aromatic heterocycles. The Morgan fingerprint density at radius 2 is 1.54 bits per heavy atom. The van der Waals surface area contributed by atoms with Gasteiger partial charge in [0.1, 0.15) is 12.7 Å². The average molecular weight is 646 g/mol. The maximum absolute atomic E-state index is 13.2. The first kappa shape index (κ1) is 37.0. The van der Waals surface area contributed by atoms with Crippen molar-refractivity contribution >= 4 is 18.0 Å². The van der Waals surface area contributed by atoms with Gasteiger partial charge in [-0.2, -0.15) is 0 Å². The minimum Gasteiger partial charge on any atom is -0.481 e. The molecule has 0 aliphatic heterocycles. The van der Waals surface area contributed by atoms with E-state index in [1.807, 2.05) is 6.92 Å². The van der Waals surface area contributed by atoms with Crippen molar-refractivity contribution < 1.29 is 29.0 Å². The van der Waals surface area contributed by atoms with E-state index in [9.17, 15) is 19.5 Å². The highest BCUT2D eigenvalue weighted by atomic mass is 16.6. The Morgan fingerprint density at radius 1 is 0.891 bits per heavy atom. The molecule has 0 bridgehead atoms. The van der Waals surface area contributed by atoms with Crippen LogP contribution in [0.5, 0.6) is 0 Å². The van der Waals surface area contributed by atoms with E-state index in [2.05, 4.69) is 67.6 Å². The van der Waals surface area contributed by atoms with Gasteiger partial charge >= 0.3 is 18.0 Å². The molecule has 4 aliphatic carbocycles. The fourth-order valence-electron chi connectivity index (χ4n) is 11.2. The van der Waals surface area contributed by atoms with Crippen molar-refractivity contribution in [2.24, 2.45) is 62.6 Å². The van der Waals surface area contributed by atoms with Crippen LogP contribution in [0.15, 0.2) is 0 Å². The SMILES string of the molecule is CC(CCC(=O)O)C1CCC2C3CCC4CC(OC(=O)NCCOC(=O)C(C)(CC(C)(C)C)C(C)(C)C)CCC4(C)C3CCC12C. The van der Waals surface area contributed by atoms with Crippen molar-refractivity contribution in [1.29, 1.82) is 0 Å². The van der Waals surface area contributed by atoms with Crippen LogP contribution < -0.4 is 5.32 Å². The highest BCUT2D eigenvalue weighted by molar-refractivity contribution is 5.77. The lowest BCUT2D eigenvalue weighted by atomic mass is 9.44. The van der Waals surface area contributed by atoms with Crippen LogP contribution in [0.4, 0.5) is 4.79 Å². The first-order valence-corrected chi connectivity index (χ1v) is 18.5. The molecule has 4 fully saturated rings. The molecular formula is C39H67NO6. The molecule has 0 radical (unpaired) electrons. The molecule has 0 aromatic carbocycles. The molecular weight excluding hydrogens is 578 g/mol. The van der Waals surface area contributed by atoms with E-state index in [1.54, 1.807) is 0 Å². The van der Waals surface area contributed by atoms with E-state index < -0.39 is 17.5 Å². The number of nitrogens with one attached hydrogen (secondary N) is 1. The largest absolute Gasteiger partial charge is 0.481 e. The predicted octanol–water partition coefficient (Wildman–Crippen LogP) is 9.27. The van der Waals surface area contributed by atoms with Crippen molar-refractivity contribution in [2.75, 3.05) is 13.2 Å². The summed E-state index contributed by atoms with van der Waals surface area (Å²) in [6, 6.07) is 0. The van der Waals surface area contributed by atoms with Gasteiger partial charge in [0, 0.05) is 6.42 Å². The number of carbonyl (C=O) groups is 3. The summed E-state index contributed by atoms with van der Waals surface area (Å²) in [5.74, 6) is 3.06. The zero-order valence-electron chi connectivity index (χ0n) is 30.9. The van der Waals surface area contributed by atoms with Crippen LogP contribution in [0.25, 0.3) is 0 Å². The summed E-state index contributed by atoms with van der Waals surface area (Å²) >= 11 is 0. The third kappa shape index (κ3) is 7.59. The third-order valence-corrected chi connectivity index (χ3v) is 14.1. The Bertz CT molecular complexity index is 1110. The summed E-state index contributed by atoms with van der Waals surface area (Å²) in [7, 11) is 0. The Morgan fingerprint density at radius 3 is 2.17 bits per heavy atom. The van der Waals surface area contributed by atoms with Crippen LogP contribution in [0.1, 0.15) is 146 Å². The Labute approximate surface area is 280 Å². The molecule has 4 rings (SSSR count). The molecule has 2 N–H and O–H groups in total. The standard InChI is InChI=1S/C39H67NO6/c1-25(11-16-32(41)42)29-14-15-30-28-13-12-26-23-27(17-19-37(26,8)31(28)18-20-38(29,30)9)46-34(44)40-21-22-45-33(43)39(10,36(5,6)7)24-35(2,3)4/h25-31H,11-24H2,1-10H3,(H,40,44)(H,41,42). The molecule has 0 saturated heterocycles. The molecule has 46 heavy (non-hydrogen) atoms. The molecule has 10 unspecified atom stereocenters. The maximum Gasteiger partial charge on any atom is 0.407 e. The smallest absolute Gasteiger partial charge is 0.407 e. The molecule has 264 valence electrons. The van der Waals surface area contributed by atoms with Crippen LogP contribution >= 0.6 is 0 Å². The molecule has 0 heterocycles. The van der Waals surface area contributed by atoms with Gasteiger partial charge < -0.3 is 19.9 Å². The van der Waals surface area contributed by atoms with Gasteiger partial charge in [-0.05, 0) is 135 Å². The van der Waals surface area contributed by atoms with E-state index in [-0.39, 0.29) is 42.5 Å². The second-order valence-electron chi connectivity index (χ2n) is 19.0. The van der Waals surface area contributed by atoms with Crippen LogP contribution in [0, 0.1) is 62.6 Å². The lowest BCUT2D eigenvalue weighted by Gasteiger charge is -2.61. The number of ether oxygens (including phenoxy) is 2. The number of hydrogen-bond acceptors (Lipinski definition) is 5. The van der Waals surface area contributed by atoms with Crippen molar-refractivity contribution in [3.8, 4) is 0 Å². The minimum atomic E-state index is -0.671. The third-order valence-electron chi connectivity index (χ3n) is 14.1. The van der Waals surface area contributed by atoms with Crippen LogP contribution in [-0.4, -0.2) is 42.4 Å². The summed E-state index contributed by atoms with van der Waals surface area (Å²) in [5, 5.41) is 12.1. The number of carbonyl (C=O) groups excluding carboxylic acids is 2. The zero-order valence-corrected chi connectivity index (χ0v) is 30.9. The van der Waals surface area contributed by atoms with Gasteiger partial charge in [0.15, 0.2) is 0 Å². The number of fused-ring (bicyclic) bond motifs is 5. The lowest BCUT2D eigenvalue weighted by molar-refractivity contribution is -0.164. The molecule has 4 saturated carbocycles. The van der Waals surface area contributed by atoms with Gasteiger partial charge in [-0.15, -0.1) is 0 Å². The molecule has 4 aliphatic rings. The second kappa shape index (κ2) is 13.6. The summed E-state index contributed by atoms with van der Waals surface area (Å²) in [6.07, 6.45) is 11.9. The number of amides is 1. The lowest BCUT2D eigenvalue weighted by Crippen LogP contribution is -2.54. The number of alkyl carbamates (subject to hydrolysis) is 1. The van der Waals surface area contributed by atoms with Crippen molar-refractivity contribution in [1.82, 2.24) is 5.32 Å². The van der Waals surface area contributed by atoms with Gasteiger partial charge in [-0.25, -0.2) is 4.79 Å². The van der Waals surface area contributed by atoms with E-state index in [1.165, 1.54) is 38.5 Å². The predicted molar refractivity (Wildman–Crippen MR) is 182 cm³/mol. The number of rotatable bonds is 10. The Hall–Kier alpha value is -1.79. The van der Waals surface area contributed by atoms with Crippen LogP contribution in [0.3, 0.4) is 0 Å². The van der Waals surface area contributed by atoms with Crippen molar-refractivity contribution in [2.45, 2.75) is 152 Å². The summed E-state index contributed by atoms with van der Waals surface area (Å²) in [5.41, 5.74) is -0.256. The molecule has 1 amide bonds. The summed E-state index contributed by atoms with van der Waals surface area (Å²) in [4.78, 5) is 37.2. The monoisotopic (exact) mass is 645 g/mol. The van der Waals surface area contributed by atoms with Crippen molar-refractivity contribution in [3.63, 3.8) is 0 Å². The number of aliphatic carboxylic acids is 1. The molecule has 7 nitrogen and oxygen atoms in total. The molecule has 10 atom stereocenters. The Kier molecular flexibility index (Phi) is 11.0. The van der Waals surface area contributed by atoms with Crippen molar-refractivity contribution in [3.05, 3.63) is 0 Å². The topological polar surface area (TPSA) is 102 Å². The van der Waals surface area contributed by atoms with Gasteiger partial charge in [0.25, 0.3) is 0 Å². The molecule has 0 spiro atoms. The minimum absolute atomic E-state index is 0.0151. The average Bonchev–Trinajstić information content (AvgIpc) is 3.30. The number of carboxylic acid groups (broad SMARTS) is 1. The van der Waals surface area contributed by atoms with E-state index in [0.29, 0.717) is 28.6 Å². The van der Waals surface area contributed by atoms with Crippen LogP contribution in [0.2, 0.25) is 0 Å². The Balaban J connectivity index is 1.26. The van der Waals surface area contributed by atoms with Gasteiger partial charge in [-0.3, -0.25) is 9.59 Å². The fourth-order valence-corrected chi connectivity index (χ4v) is 11.2. The first-order valence-electron chi connectivity index (χ1n) is 18.5. The normalized spacial score (nSPS) is 36.3. The summed E-state index contributed by atoms with van der Waals surface area (Å²) in [6.45, 7) is 22.4. The number of hydrogen-bond donors (Lipinski definition) is 2. The zero-order chi connectivity index (χ0) is 34.3. The van der Waals surface area contributed by atoms with Gasteiger partial charge in [-0.1, -0.05) is 62.3 Å². The highest BCUT2D eigenvalue weighted by Gasteiger charge is 2.60. The molecule has 0 aromatic rings. The molecule has 7 heteroatoms. The van der Waals surface area contributed by atoms with Crippen LogP contribution in [-0.2, 0) is 19.1 Å². The van der Waals surface area contributed by atoms with E-state index in [0.717, 1.165) is 49.9 Å². The number of carboxylic acids is 1. The number of esters is 1. The summed E-state index contributed by atoms with van der Waals surface area (Å²) < 4.78 is 11.6. The van der Waals surface area contributed by atoms with Gasteiger partial charge in [0.05, 0.1) is 12.0 Å². The quantitative estimate of drug-likeness (QED) is 0.181. The van der Waals surface area contributed by atoms with E-state index in [4.69, 9.17) is 9.47 Å². The highest BCUT2D eigenvalue weighted by Crippen LogP contribution is 2.68. The van der Waals surface area contributed by atoms with Gasteiger partial charge in [0.2, 0.25) is 0 Å².